The van der Waals surface area contributed by atoms with Crippen LogP contribution in [0.25, 0.3) is 0 Å². The fraction of sp³-hybridized carbons (Fsp3) is 0.391. The van der Waals surface area contributed by atoms with Crippen LogP contribution < -0.4 is 14.2 Å². The Balaban J connectivity index is 2.19. The van der Waals surface area contributed by atoms with Crippen molar-refractivity contribution in [3.8, 4) is 17.2 Å². The molecule has 0 aliphatic carbocycles. The van der Waals surface area contributed by atoms with Crippen LogP contribution in [-0.2, 0) is 10.2 Å². The van der Waals surface area contributed by atoms with Gasteiger partial charge >= 0.3 is 5.97 Å². The number of benzene rings is 2. The molecule has 2 aromatic carbocycles. The molecule has 0 spiro atoms. The Labute approximate surface area is 171 Å². The van der Waals surface area contributed by atoms with Crippen molar-refractivity contribution in [3.05, 3.63) is 53.1 Å². The average Bonchev–Trinajstić information content (AvgIpc) is 2.71. The summed E-state index contributed by atoms with van der Waals surface area (Å²) in [5.74, 6) is 0.100. The Bertz CT molecular complexity index is 852. The molecule has 2 aromatic rings. The van der Waals surface area contributed by atoms with E-state index < -0.39 is 12.1 Å². The summed E-state index contributed by atoms with van der Waals surface area (Å²) in [6.07, 6.45) is -0.943. The van der Waals surface area contributed by atoms with E-state index in [0.29, 0.717) is 22.8 Å². The lowest BCUT2D eigenvalue weighted by Gasteiger charge is -2.19. The van der Waals surface area contributed by atoms with Gasteiger partial charge in [-0.1, -0.05) is 45.0 Å². The van der Waals surface area contributed by atoms with Crippen LogP contribution in [0.2, 0.25) is 0 Å². The van der Waals surface area contributed by atoms with Crippen LogP contribution in [0.3, 0.4) is 0 Å². The van der Waals surface area contributed by atoms with Crippen LogP contribution in [-0.4, -0.2) is 39.2 Å². The molecule has 1 atom stereocenters. The summed E-state index contributed by atoms with van der Waals surface area (Å²) >= 11 is 0. The molecule has 29 heavy (non-hydrogen) atoms. The highest BCUT2D eigenvalue weighted by Crippen LogP contribution is 2.38. The number of esters is 1. The first-order chi connectivity index (χ1) is 13.6. The van der Waals surface area contributed by atoms with Crippen molar-refractivity contribution in [1.82, 2.24) is 0 Å². The molecule has 0 aliphatic heterocycles. The Hall–Kier alpha value is -3.02. The largest absolute Gasteiger partial charge is 0.493 e. The van der Waals surface area contributed by atoms with Crippen molar-refractivity contribution in [3.63, 3.8) is 0 Å². The van der Waals surface area contributed by atoms with Crippen molar-refractivity contribution in [2.75, 3.05) is 21.3 Å². The molecule has 0 heterocycles. The predicted octanol–water partition coefficient (Wildman–Crippen LogP) is 4.44. The summed E-state index contributed by atoms with van der Waals surface area (Å²) < 4.78 is 21.1. The van der Waals surface area contributed by atoms with Gasteiger partial charge in [0.05, 0.1) is 26.9 Å². The van der Waals surface area contributed by atoms with Gasteiger partial charge in [-0.05, 0) is 30.0 Å². The van der Waals surface area contributed by atoms with E-state index in [-0.39, 0.29) is 16.8 Å². The van der Waals surface area contributed by atoms with Crippen molar-refractivity contribution in [2.24, 2.45) is 0 Å². The minimum Gasteiger partial charge on any atom is -0.493 e. The van der Waals surface area contributed by atoms with E-state index in [9.17, 15) is 9.59 Å². The van der Waals surface area contributed by atoms with Crippen LogP contribution in [0.4, 0.5) is 0 Å². The summed E-state index contributed by atoms with van der Waals surface area (Å²) in [5, 5.41) is 0. The van der Waals surface area contributed by atoms with Gasteiger partial charge in [0.1, 0.15) is 0 Å². The van der Waals surface area contributed by atoms with Crippen molar-refractivity contribution < 1.29 is 28.5 Å². The Kier molecular flexibility index (Phi) is 6.90. The highest BCUT2D eigenvalue weighted by Gasteiger charge is 2.23. The first-order valence-electron chi connectivity index (χ1n) is 9.28. The fourth-order valence-electron chi connectivity index (χ4n) is 2.85. The monoisotopic (exact) mass is 400 g/mol. The fourth-order valence-corrected chi connectivity index (χ4v) is 2.85. The molecule has 0 amide bonds. The minimum atomic E-state index is -0.943. The number of hydrogen-bond donors (Lipinski definition) is 0. The zero-order chi connectivity index (χ0) is 21.8. The zero-order valence-electron chi connectivity index (χ0n) is 18.0. The average molecular weight is 400 g/mol. The number of carbonyl (C=O) groups is 2. The molecule has 0 aliphatic rings. The molecule has 0 fully saturated rings. The molecule has 2 rings (SSSR count). The van der Waals surface area contributed by atoms with Crippen LogP contribution in [0.1, 0.15) is 54.0 Å². The van der Waals surface area contributed by atoms with Gasteiger partial charge in [-0.3, -0.25) is 4.79 Å². The SMILES string of the molecule is COc1cc(C(=O)OC(C)C(=O)c2ccc(C(C)(C)C)cc2)cc(OC)c1OC. The molecule has 0 aromatic heterocycles. The maximum atomic E-state index is 12.7. The lowest BCUT2D eigenvalue weighted by atomic mass is 9.86. The van der Waals surface area contributed by atoms with Crippen LogP contribution in [0.5, 0.6) is 17.2 Å². The van der Waals surface area contributed by atoms with Crippen molar-refractivity contribution in [2.45, 2.75) is 39.2 Å². The standard InChI is InChI=1S/C23H28O6/c1-14(20(24)15-8-10-17(11-9-15)23(2,3)4)29-22(25)16-12-18(26-5)21(28-7)19(13-16)27-6/h8-14H,1-7H3. The minimum absolute atomic E-state index is 0.00780. The van der Waals surface area contributed by atoms with Gasteiger partial charge in [0.2, 0.25) is 11.5 Å². The Morgan fingerprint density at radius 2 is 1.34 bits per heavy atom. The Morgan fingerprint density at radius 3 is 1.76 bits per heavy atom. The number of ether oxygens (including phenoxy) is 4. The van der Waals surface area contributed by atoms with Gasteiger partial charge in [0.15, 0.2) is 17.6 Å². The second-order valence-corrected chi connectivity index (χ2v) is 7.65. The highest BCUT2D eigenvalue weighted by atomic mass is 16.5. The van der Waals surface area contributed by atoms with Crippen molar-refractivity contribution in [1.29, 1.82) is 0 Å². The van der Waals surface area contributed by atoms with E-state index in [1.165, 1.54) is 33.5 Å². The molecule has 156 valence electrons. The molecular weight excluding hydrogens is 372 g/mol. The predicted molar refractivity (Wildman–Crippen MR) is 110 cm³/mol. The lowest BCUT2D eigenvalue weighted by molar-refractivity contribution is 0.0318. The summed E-state index contributed by atoms with van der Waals surface area (Å²) in [7, 11) is 4.39. The number of Topliss-reactive ketones (excluding diaryl/α,β-unsaturated/α-hetero) is 1. The normalized spacial score (nSPS) is 12.1. The van der Waals surface area contributed by atoms with Gasteiger partial charge in [-0.25, -0.2) is 4.79 Å². The lowest BCUT2D eigenvalue weighted by Crippen LogP contribution is -2.24. The number of ketones is 1. The molecule has 0 saturated heterocycles. The summed E-state index contributed by atoms with van der Waals surface area (Å²) in [5.41, 5.74) is 1.80. The first kappa shape index (κ1) is 22.3. The third-order valence-corrected chi connectivity index (χ3v) is 4.59. The molecule has 0 radical (unpaired) electrons. The maximum absolute atomic E-state index is 12.7. The smallest absolute Gasteiger partial charge is 0.339 e. The molecular formula is C23H28O6. The molecule has 6 heteroatoms. The molecule has 0 N–H and O–H groups in total. The zero-order valence-corrected chi connectivity index (χ0v) is 18.0. The van der Waals surface area contributed by atoms with Crippen molar-refractivity contribution >= 4 is 11.8 Å². The van der Waals surface area contributed by atoms with E-state index in [0.717, 1.165) is 5.56 Å². The van der Waals surface area contributed by atoms with Crippen LogP contribution in [0.15, 0.2) is 36.4 Å². The quantitative estimate of drug-likeness (QED) is 0.505. The first-order valence-corrected chi connectivity index (χ1v) is 9.28. The van der Waals surface area contributed by atoms with E-state index >= 15 is 0 Å². The summed E-state index contributed by atoms with van der Waals surface area (Å²) in [6, 6.07) is 10.3. The van der Waals surface area contributed by atoms with Gasteiger partial charge in [0, 0.05) is 5.56 Å². The number of hydrogen-bond acceptors (Lipinski definition) is 6. The summed E-state index contributed by atoms with van der Waals surface area (Å²) in [4.78, 5) is 25.3. The van der Waals surface area contributed by atoms with E-state index in [4.69, 9.17) is 18.9 Å². The van der Waals surface area contributed by atoms with E-state index in [1.807, 2.05) is 12.1 Å². The number of rotatable bonds is 7. The summed E-state index contributed by atoms with van der Waals surface area (Å²) in [6.45, 7) is 7.86. The second kappa shape index (κ2) is 8.99. The van der Waals surface area contributed by atoms with E-state index in [1.54, 1.807) is 19.1 Å². The van der Waals surface area contributed by atoms with Crippen LogP contribution >= 0.6 is 0 Å². The molecule has 6 nitrogen and oxygen atoms in total. The third kappa shape index (κ3) is 5.08. The molecule has 0 saturated carbocycles. The highest BCUT2D eigenvalue weighted by molar-refractivity contribution is 6.01. The molecule has 0 bridgehead atoms. The number of carbonyl (C=O) groups excluding carboxylic acids is 2. The van der Waals surface area contributed by atoms with Gasteiger partial charge < -0.3 is 18.9 Å². The Morgan fingerprint density at radius 1 is 0.828 bits per heavy atom. The molecule has 1 unspecified atom stereocenters. The topological polar surface area (TPSA) is 71.1 Å². The van der Waals surface area contributed by atoms with Crippen LogP contribution in [0, 0.1) is 0 Å². The third-order valence-electron chi connectivity index (χ3n) is 4.59. The maximum Gasteiger partial charge on any atom is 0.339 e. The number of methoxy groups -OCH3 is 3. The second-order valence-electron chi connectivity index (χ2n) is 7.65. The van der Waals surface area contributed by atoms with Gasteiger partial charge in [-0.2, -0.15) is 0 Å². The van der Waals surface area contributed by atoms with Gasteiger partial charge in [-0.15, -0.1) is 0 Å². The van der Waals surface area contributed by atoms with Gasteiger partial charge in [0.25, 0.3) is 0 Å². The van der Waals surface area contributed by atoms with E-state index in [2.05, 4.69) is 20.8 Å².